The van der Waals surface area contributed by atoms with Crippen molar-refractivity contribution in [2.45, 2.75) is 18.9 Å². The molecule has 4 N–H and O–H groups in total. The Hall–Kier alpha value is -2.61. The average molecular weight is 306 g/mol. The first-order valence-electron chi connectivity index (χ1n) is 6.95. The number of esters is 1. The summed E-state index contributed by atoms with van der Waals surface area (Å²) < 4.78 is 10.1. The van der Waals surface area contributed by atoms with E-state index in [4.69, 9.17) is 9.15 Å². The molecule has 3 heterocycles. The summed E-state index contributed by atoms with van der Waals surface area (Å²) in [6.45, 7) is 0.0841. The van der Waals surface area contributed by atoms with Gasteiger partial charge in [0.05, 0.1) is 11.8 Å². The zero-order chi connectivity index (χ0) is 15.7. The first kappa shape index (κ1) is 14.3. The van der Waals surface area contributed by atoms with Gasteiger partial charge >= 0.3 is 11.9 Å². The van der Waals surface area contributed by atoms with Crippen LogP contribution in [0.4, 0.5) is 0 Å². The fourth-order valence-corrected chi connectivity index (χ4v) is 2.65. The summed E-state index contributed by atoms with van der Waals surface area (Å²) in [6.07, 6.45) is 2.86. The Bertz CT molecular complexity index is 703. The van der Waals surface area contributed by atoms with E-state index in [0.717, 1.165) is 6.42 Å². The highest BCUT2D eigenvalue weighted by Gasteiger charge is 2.35. The largest absolute Gasteiger partial charge is 0.463 e. The van der Waals surface area contributed by atoms with E-state index in [9.17, 15) is 14.4 Å². The summed E-state index contributed by atoms with van der Waals surface area (Å²) in [7, 11) is 0. The van der Waals surface area contributed by atoms with Crippen LogP contribution >= 0.6 is 0 Å². The molecule has 1 atom stereocenters. The molecule has 2 aromatic rings. The van der Waals surface area contributed by atoms with E-state index in [1.807, 2.05) is 0 Å². The molecule has 1 aliphatic rings. The van der Waals surface area contributed by atoms with Crippen molar-refractivity contribution in [2.75, 3.05) is 13.2 Å². The Labute approximate surface area is 125 Å². The lowest BCUT2D eigenvalue weighted by atomic mass is 10.2. The molecule has 8 heteroatoms. The van der Waals surface area contributed by atoms with Crippen LogP contribution in [0.1, 0.15) is 23.3 Å². The Morgan fingerprint density at radius 3 is 3.00 bits per heavy atom. The van der Waals surface area contributed by atoms with Crippen molar-refractivity contribution in [2.24, 2.45) is 0 Å². The number of rotatable bonds is 4. The van der Waals surface area contributed by atoms with Crippen molar-refractivity contribution in [1.82, 2.24) is 9.88 Å². The number of furan rings is 1. The Balaban J connectivity index is 1.59. The standard InChI is InChI=1S/C14H15N3O5/c15-13(19)10-2-1-4-17(10)12(18)7-22-14(20)9-6-11-8(16-9)3-5-21-11/h3,5-6,10,16H,1-2,4,7H2,(H2,15,19)/p+1. The van der Waals surface area contributed by atoms with Gasteiger partial charge in [-0.25, -0.2) is 9.59 Å². The molecule has 0 aliphatic carbocycles. The lowest BCUT2D eigenvalue weighted by Gasteiger charge is -2.20. The number of likely N-dealkylation sites (tertiary alicyclic amines) is 1. The van der Waals surface area contributed by atoms with Crippen LogP contribution in [0.15, 0.2) is 22.8 Å². The number of aromatic amines is 1. The second-order valence-corrected chi connectivity index (χ2v) is 5.17. The number of hydrogen-bond donors (Lipinski definition) is 2. The van der Waals surface area contributed by atoms with Crippen molar-refractivity contribution < 1.29 is 29.3 Å². The fourth-order valence-electron chi connectivity index (χ4n) is 2.65. The number of nitrogens with one attached hydrogen (secondary N) is 1. The maximum Gasteiger partial charge on any atom is 0.355 e. The number of carbonyl (C=O) groups is 3. The van der Waals surface area contributed by atoms with Gasteiger partial charge in [-0.05, 0) is 12.8 Å². The Morgan fingerprint density at radius 2 is 2.27 bits per heavy atom. The topological polar surface area (TPSA) is 120 Å². The number of quaternary nitrogens is 1. The van der Waals surface area contributed by atoms with Crippen LogP contribution in [0.2, 0.25) is 0 Å². The molecule has 0 bridgehead atoms. The van der Waals surface area contributed by atoms with Gasteiger partial charge < -0.3 is 19.0 Å². The summed E-state index contributed by atoms with van der Waals surface area (Å²) in [5.41, 5.74) is 4.80. The van der Waals surface area contributed by atoms with Gasteiger partial charge in [-0.15, -0.1) is 0 Å². The predicted octanol–water partition coefficient (Wildman–Crippen LogP) is -0.323. The minimum atomic E-state index is -0.642. The second kappa shape index (κ2) is 5.64. The van der Waals surface area contributed by atoms with Gasteiger partial charge in [-0.3, -0.25) is 10.5 Å². The molecule has 1 unspecified atom stereocenters. The molecular formula is C14H16N3O5+. The van der Waals surface area contributed by atoms with Crippen LogP contribution in [-0.4, -0.2) is 46.9 Å². The highest BCUT2D eigenvalue weighted by atomic mass is 16.5. The van der Waals surface area contributed by atoms with Gasteiger partial charge in [0.2, 0.25) is 0 Å². The molecule has 2 aromatic heterocycles. The maximum absolute atomic E-state index is 12.1. The number of carbonyl (C=O) groups excluding carboxylic acids is 3. The normalized spacial score (nSPS) is 17.9. The summed E-state index contributed by atoms with van der Waals surface area (Å²) >= 11 is 0. The first-order chi connectivity index (χ1) is 10.6. The number of amides is 2. The number of fused-ring (bicyclic) bond motifs is 1. The molecular weight excluding hydrogens is 290 g/mol. The van der Waals surface area contributed by atoms with Crippen LogP contribution < -0.4 is 5.73 Å². The smallest absolute Gasteiger partial charge is 0.355 e. The van der Waals surface area contributed by atoms with E-state index in [1.54, 1.807) is 6.07 Å². The number of hydrogen-bond acceptors (Lipinski definition) is 5. The summed E-state index contributed by atoms with van der Waals surface area (Å²) in [4.78, 5) is 39.6. The highest BCUT2D eigenvalue weighted by Crippen LogP contribution is 2.18. The second-order valence-electron chi connectivity index (χ2n) is 5.17. The van der Waals surface area contributed by atoms with Gasteiger partial charge in [0.25, 0.3) is 5.91 Å². The number of H-pyrrole nitrogens is 1. The van der Waals surface area contributed by atoms with Crippen molar-refractivity contribution in [3.05, 3.63) is 24.1 Å². The fraction of sp³-hybridized carbons (Fsp3) is 0.357. The Morgan fingerprint density at radius 1 is 1.45 bits per heavy atom. The summed E-state index contributed by atoms with van der Waals surface area (Å²) in [6, 6.07) is 2.70. The van der Waals surface area contributed by atoms with E-state index >= 15 is 0 Å². The average Bonchev–Trinajstić information content (AvgIpc) is 3.17. The third-order valence-corrected chi connectivity index (χ3v) is 3.73. The van der Waals surface area contributed by atoms with Gasteiger partial charge in [-0.2, -0.15) is 0 Å². The molecule has 1 aliphatic heterocycles. The SMILES string of the molecule is [NH3+]C(=O)C1CCCN1C(=O)COC(=O)c1cc2occc2[nH]1. The molecule has 0 saturated carbocycles. The molecule has 0 spiro atoms. The minimum Gasteiger partial charge on any atom is -0.463 e. The number of nitrogens with zero attached hydrogens (tertiary/aromatic N) is 1. The van der Waals surface area contributed by atoms with Crippen LogP contribution in [0.25, 0.3) is 11.1 Å². The molecule has 1 saturated heterocycles. The third kappa shape index (κ3) is 2.60. The van der Waals surface area contributed by atoms with E-state index < -0.39 is 18.6 Å². The molecule has 8 nitrogen and oxygen atoms in total. The number of aromatic nitrogens is 1. The van der Waals surface area contributed by atoms with Gasteiger partial charge in [0.1, 0.15) is 11.7 Å². The molecule has 22 heavy (non-hydrogen) atoms. The Kier molecular flexibility index (Phi) is 3.68. The van der Waals surface area contributed by atoms with Crippen LogP contribution in [0.5, 0.6) is 0 Å². The zero-order valence-electron chi connectivity index (χ0n) is 11.8. The summed E-state index contributed by atoms with van der Waals surface area (Å²) in [5, 5.41) is 0. The number of ether oxygens (including phenoxy) is 1. The van der Waals surface area contributed by atoms with Gasteiger partial charge in [0, 0.05) is 18.7 Å². The maximum atomic E-state index is 12.1. The molecule has 1 fully saturated rings. The minimum absolute atomic E-state index is 0.216. The van der Waals surface area contributed by atoms with Crippen molar-refractivity contribution in [3.63, 3.8) is 0 Å². The molecule has 116 valence electrons. The molecule has 3 rings (SSSR count). The molecule has 0 aromatic carbocycles. The van der Waals surface area contributed by atoms with Crippen molar-refractivity contribution in [1.29, 1.82) is 0 Å². The van der Waals surface area contributed by atoms with E-state index in [-0.39, 0.29) is 17.5 Å². The highest BCUT2D eigenvalue weighted by molar-refractivity contribution is 5.94. The monoisotopic (exact) mass is 306 g/mol. The predicted molar refractivity (Wildman–Crippen MR) is 73.5 cm³/mol. The van der Waals surface area contributed by atoms with Crippen molar-refractivity contribution in [3.8, 4) is 0 Å². The van der Waals surface area contributed by atoms with E-state index in [2.05, 4.69) is 10.7 Å². The lowest BCUT2D eigenvalue weighted by molar-refractivity contribution is -0.310. The molecule has 2 amide bonds. The van der Waals surface area contributed by atoms with Gasteiger partial charge in [-0.1, -0.05) is 0 Å². The van der Waals surface area contributed by atoms with Crippen molar-refractivity contribution >= 4 is 28.9 Å². The lowest BCUT2D eigenvalue weighted by Crippen LogP contribution is -2.65. The zero-order valence-corrected chi connectivity index (χ0v) is 11.8. The van der Waals surface area contributed by atoms with Gasteiger partial charge in [0.15, 0.2) is 12.2 Å². The summed E-state index contributed by atoms with van der Waals surface area (Å²) in [5.74, 6) is -1.32. The first-order valence-corrected chi connectivity index (χ1v) is 6.95. The van der Waals surface area contributed by atoms with Crippen LogP contribution in [0.3, 0.4) is 0 Å². The van der Waals surface area contributed by atoms with E-state index in [0.29, 0.717) is 24.1 Å². The van der Waals surface area contributed by atoms with Crippen LogP contribution in [-0.2, 0) is 14.3 Å². The van der Waals surface area contributed by atoms with E-state index in [1.165, 1.54) is 17.2 Å². The van der Waals surface area contributed by atoms with Crippen LogP contribution in [0, 0.1) is 0 Å². The quantitative estimate of drug-likeness (QED) is 0.750. The third-order valence-electron chi connectivity index (χ3n) is 3.73. The molecule has 0 radical (unpaired) electrons.